The van der Waals surface area contributed by atoms with Crippen LogP contribution in [0.2, 0.25) is 0 Å². The van der Waals surface area contributed by atoms with Crippen molar-refractivity contribution in [3.8, 4) is 5.75 Å². The van der Waals surface area contributed by atoms with Gasteiger partial charge in [0.1, 0.15) is 47.0 Å². The molecule has 19 N–H and O–H groups in total. The Morgan fingerprint density at radius 3 is 2.05 bits per heavy atom. The minimum Gasteiger partial charge on any atom is -0.508 e. The minimum atomic E-state index is -2.48. The Labute approximate surface area is 604 Å². The van der Waals surface area contributed by atoms with E-state index >= 15 is 4.21 Å². The summed E-state index contributed by atoms with van der Waals surface area (Å²) in [6.45, 7) is 9.61. The van der Waals surface area contributed by atoms with Crippen LogP contribution in [0, 0.1) is 23.7 Å². The van der Waals surface area contributed by atoms with Crippen LogP contribution in [0.25, 0.3) is 10.9 Å². The third-order valence-electron chi connectivity index (χ3n) is 17.9. The van der Waals surface area contributed by atoms with Gasteiger partial charge in [0.15, 0.2) is 0 Å². The molecule has 35 nitrogen and oxygen atoms in total. The number of nitrogens with zero attached hydrogens (tertiary/aromatic N) is 1. The molecule has 3 aliphatic rings. The summed E-state index contributed by atoms with van der Waals surface area (Å²) in [6, 6.07) is -7.33. The van der Waals surface area contributed by atoms with Crippen LogP contribution >= 0.6 is 11.8 Å². The number of amides is 10. The van der Waals surface area contributed by atoms with Crippen molar-refractivity contribution in [2.75, 3.05) is 117 Å². The van der Waals surface area contributed by atoms with Crippen LogP contribution in [-0.2, 0) is 99.4 Å². The zero-order valence-corrected chi connectivity index (χ0v) is 60.7. The highest BCUT2D eigenvalue weighted by Gasteiger charge is 2.45. The third-order valence-corrected chi connectivity index (χ3v) is 20.3. The number of carbonyl (C=O) groups is 11. The van der Waals surface area contributed by atoms with Gasteiger partial charge in [-0.1, -0.05) is 53.9 Å². The number of phenols is 1. The summed E-state index contributed by atoms with van der Waals surface area (Å²) >= 11 is 1.34. The molecule has 1 aromatic heterocycles. The fourth-order valence-electron chi connectivity index (χ4n) is 11.6. The largest absolute Gasteiger partial charge is 0.508 e. The maximum absolute atomic E-state index is 15.3. The molecule has 2 bridgehead atoms. The number of aromatic amines is 1. The molecule has 12 atom stereocenters. The monoisotopic (exact) mass is 1500 g/mol. The minimum absolute atomic E-state index is 0.0660. The zero-order valence-electron chi connectivity index (χ0n) is 59.1. The van der Waals surface area contributed by atoms with Gasteiger partial charge in [0.2, 0.25) is 59.1 Å². The lowest BCUT2D eigenvalue weighted by Gasteiger charge is -2.32. The van der Waals surface area contributed by atoms with Crippen molar-refractivity contribution in [3.63, 3.8) is 0 Å². The van der Waals surface area contributed by atoms with Gasteiger partial charge in [-0.25, -0.2) is 0 Å². The SMILES string of the molecule is CCC(CC)CC(CC(=O)NC/C(N)=C/NCCOCCOCCOCCOCCOCCSCc1c(O)ccc2c3c([nH]c12)S(=O)CC1NC(=O)CNC(=O)[C@H]([C@@H](C)CC)NC(=O)CCNC(=O)[C@H](C3)NC(=O)[C@H]([C@@H](C)[C@@H](O)CO)NC(=O)[C@@H]2C[C@@H](O)CN2C(=O)[C@H](CC(N)=O)NC1=O)C(=O)O. The molecule has 0 saturated carbocycles. The first kappa shape index (κ1) is 85.9. The number of hydrogen-bond acceptors (Lipinski definition) is 24. The molecule has 1 aromatic carbocycles. The molecule has 3 aliphatic heterocycles. The summed E-state index contributed by atoms with van der Waals surface area (Å²) in [6.07, 6.45) is -1.40. The van der Waals surface area contributed by atoms with E-state index in [1.165, 1.54) is 30.8 Å². The number of rotatable bonds is 37. The van der Waals surface area contributed by atoms with Crippen LogP contribution in [-0.4, -0.2) is 270 Å². The molecule has 578 valence electrons. The number of aliphatic hydroxyl groups is 3. The lowest BCUT2D eigenvalue weighted by atomic mass is 9.88. The summed E-state index contributed by atoms with van der Waals surface area (Å²) in [5.74, 6) is -13.4. The number of fused-ring (bicyclic) bond motifs is 5. The number of benzene rings is 1. The first-order chi connectivity index (χ1) is 49.2. The first-order valence-electron chi connectivity index (χ1n) is 34.7. The van der Waals surface area contributed by atoms with E-state index in [9.17, 15) is 78.3 Å². The normalized spacial score (nSPS) is 22.8. The number of aliphatic hydroxyl groups excluding tert-OH is 3. The third kappa shape index (κ3) is 28.0. The average molecular weight is 1500 g/mol. The van der Waals surface area contributed by atoms with Crippen LogP contribution in [0.5, 0.6) is 5.75 Å². The van der Waals surface area contributed by atoms with Gasteiger partial charge in [-0.2, -0.15) is 11.8 Å². The van der Waals surface area contributed by atoms with Gasteiger partial charge in [0, 0.05) is 85.6 Å². The van der Waals surface area contributed by atoms with E-state index < -0.39 is 187 Å². The number of H-pyrrole nitrogens is 1. The summed E-state index contributed by atoms with van der Waals surface area (Å²) in [5.41, 5.74) is 12.5. The molecule has 1 saturated heterocycles. The second-order valence-electron chi connectivity index (χ2n) is 25.5. The number of carbonyl (C=O) groups excluding carboxylic acids is 10. The van der Waals surface area contributed by atoms with Crippen LogP contribution in [0.3, 0.4) is 0 Å². The Hall–Kier alpha value is -7.75. The fourth-order valence-corrected chi connectivity index (χ4v) is 13.8. The molecular formula is C66H105N13O22S2. The summed E-state index contributed by atoms with van der Waals surface area (Å²) in [7, 11) is -2.48. The van der Waals surface area contributed by atoms with Gasteiger partial charge in [0.05, 0.1) is 132 Å². The number of phenolic OH excluding ortho intramolecular Hbond substituents is 1. The Morgan fingerprint density at radius 1 is 0.777 bits per heavy atom. The number of primary amides is 1. The maximum Gasteiger partial charge on any atom is 0.307 e. The number of carboxylic acid groups (broad SMARTS) is 1. The quantitative estimate of drug-likeness (QED) is 0.0289. The van der Waals surface area contributed by atoms with Crippen molar-refractivity contribution in [2.24, 2.45) is 35.1 Å². The highest BCUT2D eigenvalue weighted by molar-refractivity contribution is 7.98. The number of thioether (sulfide) groups is 1. The van der Waals surface area contributed by atoms with E-state index in [4.69, 9.17) is 35.2 Å². The van der Waals surface area contributed by atoms with Gasteiger partial charge in [-0.15, -0.1) is 0 Å². The van der Waals surface area contributed by atoms with Crippen LogP contribution in [0.15, 0.2) is 29.1 Å². The number of nitrogens with two attached hydrogens (primary N) is 2. The van der Waals surface area contributed by atoms with Gasteiger partial charge in [-0.05, 0) is 36.0 Å². The Morgan fingerprint density at radius 2 is 1.43 bits per heavy atom. The molecule has 103 heavy (non-hydrogen) atoms. The van der Waals surface area contributed by atoms with Crippen molar-refractivity contribution in [3.05, 3.63) is 35.2 Å². The molecule has 5 rings (SSSR count). The molecule has 10 amide bonds. The van der Waals surface area contributed by atoms with Crippen molar-refractivity contribution in [1.82, 2.24) is 57.7 Å². The van der Waals surface area contributed by atoms with Crippen molar-refractivity contribution < 1.29 is 106 Å². The molecular weight excluding hydrogens is 1390 g/mol. The van der Waals surface area contributed by atoms with Crippen molar-refractivity contribution in [1.29, 1.82) is 0 Å². The van der Waals surface area contributed by atoms with Gasteiger partial charge in [0.25, 0.3) is 0 Å². The standard InChI is InChI=1S/C66H105N13O22S2/c1-6-37(4)56-62(91)72-32-55(87)73-48-36-103(96)64-44(28-46(59(88)70-12-11-53(85)76-56)74-63(92)57(38(5)51(83)34-80)77-61(90)49-27-42(81)33-79(49)65(93)47(29-52(68)84)75-60(48)89)43-9-10-50(82)45(58(43)78-64)35-102-24-23-101-22-21-100-20-19-99-18-17-98-16-15-97-14-13-69-30-41(67)31-71-54(86)26-40(66(94)95)25-39(7-2)8-3/h9-10,30,37-40,42,46-49,51,56-57,69,78,80-83H,6-8,11-29,31-36,67H2,1-5H3,(H2,68,84)(H,70,88)(H,71,86)(H,72,91)(H,73,87)(H,74,92)(H,75,89)(H,76,85)(H,77,90)(H,94,95)/b41-30-/t37-,38-,40?,42+,46-,47-,48?,49-,51-,56-,57-,103?/m0/s1. The number of aromatic hydroxyl groups is 1. The molecule has 37 heteroatoms. The Kier molecular flexibility index (Phi) is 37.4. The summed E-state index contributed by atoms with van der Waals surface area (Å²) in [4.78, 5) is 155. The molecule has 0 radical (unpaired) electrons. The van der Waals surface area contributed by atoms with Crippen LogP contribution in [0.1, 0.15) is 97.1 Å². The summed E-state index contributed by atoms with van der Waals surface area (Å²) in [5, 5.41) is 76.4. The molecule has 0 spiro atoms. The molecule has 2 aromatic rings. The second kappa shape index (κ2) is 44.8. The van der Waals surface area contributed by atoms with Gasteiger partial charge < -0.3 is 118 Å². The fraction of sp³-hybridized carbons (Fsp3) is 0.682. The average Bonchev–Trinajstić information content (AvgIpc) is 1.63. The number of ether oxygens (including phenoxy) is 5. The molecule has 0 aliphatic carbocycles. The number of aromatic nitrogens is 1. The lowest BCUT2D eigenvalue weighted by molar-refractivity contribution is -0.144. The van der Waals surface area contributed by atoms with E-state index in [2.05, 4.69) is 52.8 Å². The van der Waals surface area contributed by atoms with Gasteiger partial charge >= 0.3 is 5.97 Å². The van der Waals surface area contributed by atoms with E-state index in [-0.39, 0.29) is 96.3 Å². The van der Waals surface area contributed by atoms with Crippen LogP contribution in [0.4, 0.5) is 0 Å². The molecule has 3 unspecified atom stereocenters. The van der Waals surface area contributed by atoms with Crippen molar-refractivity contribution in [2.45, 2.75) is 152 Å². The summed E-state index contributed by atoms with van der Waals surface area (Å²) < 4.78 is 43.4. The van der Waals surface area contributed by atoms with Gasteiger partial charge in [-0.3, -0.25) is 56.9 Å². The smallest absolute Gasteiger partial charge is 0.307 e. The van der Waals surface area contributed by atoms with E-state index in [0.717, 1.165) is 17.7 Å². The number of hydrogen-bond donors (Lipinski definition) is 17. The predicted molar refractivity (Wildman–Crippen MR) is 375 cm³/mol. The maximum atomic E-state index is 15.3. The highest BCUT2D eigenvalue weighted by atomic mass is 32.2. The van der Waals surface area contributed by atoms with E-state index in [1.807, 2.05) is 13.8 Å². The highest BCUT2D eigenvalue weighted by Crippen LogP contribution is 2.36. The predicted octanol–water partition coefficient (Wildman–Crippen LogP) is -3.79. The molecule has 4 heterocycles. The zero-order chi connectivity index (χ0) is 75.7. The lowest BCUT2D eigenvalue weighted by Crippen LogP contribution is -2.61. The topological polar surface area (TPSA) is 531 Å². The van der Waals surface area contributed by atoms with E-state index in [0.29, 0.717) is 70.5 Å². The van der Waals surface area contributed by atoms with E-state index in [1.54, 1.807) is 20.0 Å². The molecule has 1 fully saturated rings. The van der Waals surface area contributed by atoms with Crippen LogP contribution < -0.4 is 59.3 Å². The Bertz CT molecular complexity index is 3230. The number of carboxylic acids is 1. The van der Waals surface area contributed by atoms with Crippen molar-refractivity contribution >= 4 is 98.5 Å². The Balaban J connectivity index is 1.25. The number of aliphatic carboxylic acids is 1. The second-order valence-corrected chi connectivity index (χ2v) is 28.0. The first-order valence-corrected chi connectivity index (χ1v) is 37.2. The number of nitrogens with one attached hydrogen (secondary N) is 10.